The van der Waals surface area contributed by atoms with Crippen LogP contribution in [0.15, 0.2) is 24.3 Å². The Morgan fingerprint density at radius 1 is 1.29 bits per heavy atom. The summed E-state index contributed by atoms with van der Waals surface area (Å²) in [6.07, 6.45) is 8.26. The maximum absolute atomic E-state index is 11.5. The van der Waals surface area contributed by atoms with Gasteiger partial charge in [0.15, 0.2) is 0 Å². The van der Waals surface area contributed by atoms with Gasteiger partial charge in [0, 0.05) is 17.5 Å². The highest BCUT2D eigenvalue weighted by Gasteiger charge is 2.39. The van der Waals surface area contributed by atoms with Crippen LogP contribution >= 0.6 is 11.6 Å². The Balaban J connectivity index is 1.77. The maximum atomic E-state index is 11.5. The molecule has 3 heteroatoms. The van der Waals surface area contributed by atoms with Gasteiger partial charge in [-0.2, -0.15) is 0 Å². The standard InChI is InChI=1S/C18H26ClNO/c19-17-7-1-5-15(12-17)18(21,10-2-4-14-8-9-14)16-6-3-11-20-13-16/h1,5,7,12,14,16,20-21H,2-4,6,8-11,13H2. The summed E-state index contributed by atoms with van der Waals surface area (Å²) in [5.74, 6) is 1.22. The van der Waals surface area contributed by atoms with Gasteiger partial charge in [-0.05, 0) is 55.8 Å². The molecule has 1 aromatic rings. The van der Waals surface area contributed by atoms with Crippen molar-refractivity contribution in [3.63, 3.8) is 0 Å². The Morgan fingerprint density at radius 2 is 2.14 bits per heavy atom. The second-order valence-corrected chi connectivity index (χ2v) is 7.25. The van der Waals surface area contributed by atoms with Crippen LogP contribution in [0.5, 0.6) is 0 Å². The molecule has 2 unspecified atom stereocenters. The molecule has 1 aliphatic carbocycles. The zero-order valence-electron chi connectivity index (χ0n) is 12.7. The average Bonchev–Trinajstić information content (AvgIpc) is 3.32. The van der Waals surface area contributed by atoms with Crippen molar-refractivity contribution in [3.05, 3.63) is 34.9 Å². The third kappa shape index (κ3) is 3.80. The molecule has 1 heterocycles. The third-order valence-corrected chi connectivity index (χ3v) is 5.40. The fourth-order valence-electron chi connectivity index (χ4n) is 3.67. The van der Waals surface area contributed by atoms with Gasteiger partial charge in [0.2, 0.25) is 0 Å². The quantitative estimate of drug-likeness (QED) is 0.829. The molecule has 0 spiro atoms. The summed E-state index contributed by atoms with van der Waals surface area (Å²) in [5, 5.41) is 15.6. The fraction of sp³-hybridized carbons (Fsp3) is 0.667. The first-order chi connectivity index (χ1) is 10.2. The Kier molecular flexibility index (Phi) is 4.88. The molecular weight excluding hydrogens is 282 g/mol. The molecule has 2 nitrogen and oxygen atoms in total. The molecule has 21 heavy (non-hydrogen) atoms. The normalized spacial score (nSPS) is 25.5. The molecule has 116 valence electrons. The Labute approximate surface area is 132 Å². The summed E-state index contributed by atoms with van der Waals surface area (Å²) in [7, 11) is 0. The van der Waals surface area contributed by atoms with Crippen molar-refractivity contribution in [2.45, 2.75) is 50.5 Å². The number of rotatable bonds is 6. The highest BCUT2D eigenvalue weighted by Crippen LogP contribution is 2.41. The molecule has 2 atom stereocenters. The van der Waals surface area contributed by atoms with Crippen molar-refractivity contribution in [2.24, 2.45) is 11.8 Å². The van der Waals surface area contributed by atoms with Crippen LogP contribution in [-0.2, 0) is 5.60 Å². The van der Waals surface area contributed by atoms with Crippen LogP contribution < -0.4 is 5.32 Å². The van der Waals surface area contributed by atoms with Gasteiger partial charge in [0.25, 0.3) is 0 Å². The number of halogens is 1. The first kappa shape index (κ1) is 15.3. The van der Waals surface area contributed by atoms with Crippen LogP contribution in [0, 0.1) is 11.8 Å². The lowest BCUT2D eigenvalue weighted by molar-refractivity contribution is -0.0428. The van der Waals surface area contributed by atoms with Crippen LogP contribution in [0.2, 0.25) is 5.02 Å². The number of benzene rings is 1. The topological polar surface area (TPSA) is 32.3 Å². The minimum atomic E-state index is -0.729. The van der Waals surface area contributed by atoms with E-state index in [1.165, 1.54) is 19.3 Å². The van der Waals surface area contributed by atoms with E-state index in [0.29, 0.717) is 5.92 Å². The molecule has 1 saturated carbocycles. The number of piperidine rings is 1. The van der Waals surface area contributed by atoms with E-state index in [0.717, 1.165) is 55.3 Å². The second kappa shape index (κ2) is 6.68. The largest absolute Gasteiger partial charge is 0.385 e. The average molecular weight is 308 g/mol. The van der Waals surface area contributed by atoms with E-state index in [1.54, 1.807) is 0 Å². The van der Waals surface area contributed by atoms with E-state index < -0.39 is 5.60 Å². The molecule has 1 aliphatic heterocycles. The van der Waals surface area contributed by atoms with Gasteiger partial charge < -0.3 is 10.4 Å². The van der Waals surface area contributed by atoms with Crippen LogP contribution in [0.3, 0.4) is 0 Å². The second-order valence-electron chi connectivity index (χ2n) is 6.81. The molecule has 1 aromatic carbocycles. The Hall–Kier alpha value is -0.570. The number of nitrogens with one attached hydrogen (secondary N) is 1. The van der Waals surface area contributed by atoms with Crippen LogP contribution in [0.25, 0.3) is 0 Å². The Bertz CT molecular complexity index is 468. The lowest BCUT2D eigenvalue weighted by Crippen LogP contribution is -2.44. The summed E-state index contributed by atoms with van der Waals surface area (Å²) in [5.41, 5.74) is 0.271. The molecule has 2 fully saturated rings. The maximum Gasteiger partial charge on any atom is 0.0937 e. The van der Waals surface area contributed by atoms with Gasteiger partial charge in [-0.3, -0.25) is 0 Å². The highest BCUT2D eigenvalue weighted by molar-refractivity contribution is 6.30. The lowest BCUT2D eigenvalue weighted by Gasteiger charge is -2.39. The monoisotopic (exact) mass is 307 g/mol. The minimum Gasteiger partial charge on any atom is -0.385 e. The van der Waals surface area contributed by atoms with Gasteiger partial charge in [-0.25, -0.2) is 0 Å². The molecule has 0 radical (unpaired) electrons. The SMILES string of the molecule is OC(CCCC1CC1)(c1cccc(Cl)c1)C1CCCNC1. The number of hydrogen-bond donors (Lipinski definition) is 2. The van der Waals surface area contributed by atoms with Crippen LogP contribution in [0.1, 0.15) is 50.5 Å². The van der Waals surface area contributed by atoms with E-state index in [4.69, 9.17) is 11.6 Å². The molecular formula is C18H26ClNO. The van der Waals surface area contributed by atoms with Crippen molar-refractivity contribution in [3.8, 4) is 0 Å². The first-order valence-electron chi connectivity index (χ1n) is 8.37. The first-order valence-corrected chi connectivity index (χ1v) is 8.75. The molecule has 0 bridgehead atoms. The van der Waals surface area contributed by atoms with Gasteiger partial charge in [-0.1, -0.05) is 43.0 Å². The molecule has 0 amide bonds. The van der Waals surface area contributed by atoms with E-state index in [9.17, 15) is 5.11 Å². The van der Waals surface area contributed by atoms with Crippen LogP contribution in [0.4, 0.5) is 0 Å². The van der Waals surface area contributed by atoms with E-state index in [2.05, 4.69) is 5.32 Å². The zero-order chi connectivity index (χ0) is 14.7. The van der Waals surface area contributed by atoms with Gasteiger partial charge in [-0.15, -0.1) is 0 Å². The number of aliphatic hydroxyl groups is 1. The Morgan fingerprint density at radius 3 is 2.81 bits per heavy atom. The fourth-order valence-corrected chi connectivity index (χ4v) is 3.86. The summed E-state index contributed by atoms with van der Waals surface area (Å²) < 4.78 is 0. The summed E-state index contributed by atoms with van der Waals surface area (Å²) in [4.78, 5) is 0. The third-order valence-electron chi connectivity index (χ3n) is 5.16. The van der Waals surface area contributed by atoms with Gasteiger partial charge in [0.05, 0.1) is 5.60 Å². The van der Waals surface area contributed by atoms with Crippen molar-refractivity contribution < 1.29 is 5.11 Å². The van der Waals surface area contributed by atoms with E-state index >= 15 is 0 Å². The highest BCUT2D eigenvalue weighted by atomic mass is 35.5. The molecule has 2 aliphatic rings. The molecule has 3 rings (SSSR count). The minimum absolute atomic E-state index is 0.295. The smallest absolute Gasteiger partial charge is 0.0937 e. The van der Waals surface area contributed by atoms with Crippen molar-refractivity contribution in [1.29, 1.82) is 0 Å². The van der Waals surface area contributed by atoms with Crippen molar-refractivity contribution in [1.82, 2.24) is 5.32 Å². The molecule has 1 saturated heterocycles. The molecule has 0 aromatic heterocycles. The molecule has 2 N–H and O–H groups in total. The van der Waals surface area contributed by atoms with E-state index in [-0.39, 0.29) is 0 Å². The van der Waals surface area contributed by atoms with Crippen LogP contribution in [-0.4, -0.2) is 18.2 Å². The van der Waals surface area contributed by atoms with Gasteiger partial charge in [0.1, 0.15) is 0 Å². The van der Waals surface area contributed by atoms with E-state index in [1.807, 2.05) is 24.3 Å². The van der Waals surface area contributed by atoms with Crippen molar-refractivity contribution >= 4 is 11.6 Å². The summed E-state index contributed by atoms with van der Waals surface area (Å²) in [6.45, 7) is 1.98. The summed E-state index contributed by atoms with van der Waals surface area (Å²) >= 11 is 6.16. The zero-order valence-corrected chi connectivity index (χ0v) is 13.4. The predicted molar refractivity (Wildman–Crippen MR) is 87.5 cm³/mol. The number of hydrogen-bond acceptors (Lipinski definition) is 2. The lowest BCUT2D eigenvalue weighted by atomic mass is 9.74. The predicted octanol–water partition coefficient (Wildman–Crippen LogP) is 4.11. The summed E-state index contributed by atoms with van der Waals surface area (Å²) in [6, 6.07) is 7.83. The van der Waals surface area contributed by atoms with Crippen molar-refractivity contribution in [2.75, 3.05) is 13.1 Å². The van der Waals surface area contributed by atoms with Gasteiger partial charge >= 0.3 is 0 Å².